The van der Waals surface area contributed by atoms with Gasteiger partial charge in [-0.1, -0.05) is 36.4 Å². The molecule has 0 heterocycles. The third-order valence-electron chi connectivity index (χ3n) is 4.10. The maximum absolute atomic E-state index is 12.6. The summed E-state index contributed by atoms with van der Waals surface area (Å²) < 4.78 is 33.2. The number of benzene rings is 3. The second-order valence-electron chi connectivity index (χ2n) is 6.26. The van der Waals surface area contributed by atoms with E-state index in [4.69, 9.17) is 4.74 Å². The van der Waals surface area contributed by atoms with E-state index in [9.17, 15) is 13.2 Å². The number of rotatable bonds is 8. The molecule has 0 saturated heterocycles. The number of carbonyl (C=O) groups is 1. The van der Waals surface area contributed by atoms with Crippen LogP contribution in [0.3, 0.4) is 0 Å². The van der Waals surface area contributed by atoms with Gasteiger partial charge in [-0.3, -0.25) is 9.52 Å². The van der Waals surface area contributed by atoms with Crippen molar-refractivity contribution in [1.29, 1.82) is 0 Å². The van der Waals surface area contributed by atoms with E-state index < -0.39 is 10.0 Å². The fourth-order valence-corrected chi connectivity index (χ4v) is 3.83. The molecule has 0 fully saturated rings. The molecule has 0 aliphatic rings. The Morgan fingerprint density at radius 2 is 1.69 bits per heavy atom. The maximum atomic E-state index is 12.6. The zero-order chi connectivity index (χ0) is 20.7. The second-order valence-corrected chi connectivity index (χ2v) is 7.94. The average molecular weight is 410 g/mol. The van der Waals surface area contributed by atoms with Crippen molar-refractivity contribution in [3.63, 3.8) is 0 Å². The number of nitrogens with one attached hydrogen (secondary N) is 2. The highest BCUT2D eigenvalue weighted by atomic mass is 32.2. The lowest BCUT2D eigenvalue weighted by atomic mass is 10.2. The van der Waals surface area contributed by atoms with Crippen molar-refractivity contribution in [1.82, 2.24) is 5.32 Å². The van der Waals surface area contributed by atoms with Gasteiger partial charge in [0.05, 0.1) is 11.5 Å². The fraction of sp³-hybridized carbons (Fsp3) is 0.136. The molecule has 7 heteroatoms. The minimum absolute atomic E-state index is 0.0207. The van der Waals surface area contributed by atoms with Crippen molar-refractivity contribution in [2.75, 3.05) is 11.3 Å². The minimum atomic E-state index is -3.79. The lowest BCUT2D eigenvalue weighted by molar-refractivity contribution is 0.0950. The van der Waals surface area contributed by atoms with Gasteiger partial charge in [0.1, 0.15) is 5.75 Å². The van der Waals surface area contributed by atoms with E-state index in [0.717, 1.165) is 11.3 Å². The van der Waals surface area contributed by atoms with Crippen LogP contribution in [-0.2, 0) is 16.6 Å². The summed E-state index contributed by atoms with van der Waals surface area (Å²) in [6.45, 7) is 2.77. The first kappa shape index (κ1) is 20.4. The van der Waals surface area contributed by atoms with E-state index in [0.29, 0.717) is 18.8 Å². The number of amides is 1. The van der Waals surface area contributed by atoms with Crippen LogP contribution in [0.1, 0.15) is 22.8 Å². The van der Waals surface area contributed by atoms with Crippen molar-refractivity contribution >= 4 is 21.6 Å². The first-order valence-corrected chi connectivity index (χ1v) is 10.6. The van der Waals surface area contributed by atoms with Crippen molar-refractivity contribution in [2.45, 2.75) is 18.4 Å². The smallest absolute Gasteiger partial charge is 0.261 e. The van der Waals surface area contributed by atoms with Crippen molar-refractivity contribution in [3.05, 3.63) is 90.0 Å². The van der Waals surface area contributed by atoms with Crippen LogP contribution in [0.5, 0.6) is 5.75 Å². The molecule has 3 aromatic rings. The number of anilines is 1. The third kappa shape index (κ3) is 5.58. The summed E-state index contributed by atoms with van der Waals surface area (Å²) in [6.07, 6.45) is 0. The zero-order valence-electron chi connectivity index (χ0n) is 16.0. The Labute approximate surface area is 170 Å². The number of para-hydroxylation sites is 1. The zero-order valence-corrected chi connectivity index (χ0v) is 16.8. The van der Waals surface area contributed by atoms with Crippen LogP contribution in [0.15, 0.2) is 83.8 Å². The summed E-state index contributed by atoms with van der Waals surface area (Å²) >= 11 is 0. The Morgan fingerprint density at radius 3 is 2.45 bits per heavy atom. The maximum Gasteiger partial charge on any atom is 0.261 e. The van der Waals surface area contributed by atoms with Gasteiger partial charge in [0.2, 0.25) is 0 Å². The molecule has 0 aliphatic heterocycles. The van der Waals surface area contributed by atoms with Crippen molar-refractivity contribution < 1.29 is 17.9 Å². The van der Waals surface area contributed by atoms with E-state index in [1.165, 1.54) is 12.1 Å². The van der Waals surface area contributed by atoms with Crippen LogP contribution in [0, 0.1) is 0 Å². The largest absolute Gasteiger partial charge is 0.494 e. The van der Waals surface area contributed by atoms with Gasteiger partial charge in [0, 0.05) is 17.8 Å². The molecule has 1 amide bonds. The molecule has 0 aliphatic carbocycles. The molecule has 0 unspecified atom stereocenters. The standard InChI is InChI=1S/C22H22N2O4S/c1-2-28-20-12-6-8-17(14-20)16-23-22(25)18-9-7-13-21(15-18)29(26,27)24-19-10-4-3-5-11-19/h3-15,24H,2,16H2,1H3,(H,23,25). The Hall–Kier alpha value is -3.32. The van der Waals surface area contributed by atoms with Gasteiger partial charge < -0.3 is 10.1 Å². The Morgan fingerprint density at radius 1 is 0.931 bits per heavy atom. The summed E-state index contributed by atoms with van der Waals surface area (Å²) in [6, 6.07) is 22.0. The van der Waals surface area contributed by atoms with Gasteiger partial charge in [-0.15, -0.1) is 0 Å². The molecule has 0 saturated carbocycles. The SMILES string of the molecule is CCOc1cccc(CNC(=O)c2cccc(S(=O)(=O)Nc3ccccc3)c2)c1. The summed E-state index contributed by atoms with van der Waals surface area (Å²) in [5.74, 6) is 0.378. The highest BCUT2D eigenvalue weighted by Gasteiger charge is 2.16. The summed E-state index contributed by atoms with van der Waals surface area (Å²) in [7, 11) is -3.79. The third-order valence-corrected chi connectivity index (χ3v) is 5.47. The van der Waals surface area contributed by atoms with Crippen LogP contribution < -0.4 is 14.8 Å². The molecular formula is C22H22N2O4S. The first-order chi connectivity index (χ1) is 14.0. The summed E-state index contributed by atoms with van der Waals surface area (Å²) in [5, 5.41) is 2.80. The van der Waals surface area contributed by atoms with Crippen LogP contribution >= 0.6 is 0 Å². The molecule has 3 rings (SSSR count). The normalized spacial score (nSPS) is 10.9. The average Bonchev–Trinajstić information content (AvgIpc) is 2.73. The lowest BCUT2D eigenvalue weighted by Gasteiger charge is -2.10. The van der Waals surface area contributed by atoms with Crippen LogP contribution in [0.25, 0.3) is 0 Å². The Balaban J connectivity index is 1.70. The summed E-state index contributed by atoms with van der Waals surface area (Å²) in [4.78, 5) is 12.5. The molecule has 6 nitrogen and oxygen atoms in total. The quantitative estimate of drug-likeness (QED) is 0.591. The molecule has 0 atom stereocenters. The van der Waals surface area contributed by atoms with Crippen molar-refractivity contribution in [2.24, 2.45) is 0 Å². The molecule has 0 bridgehead atoms. The Kier molecular flexibility index (Phi) is 6.51. The van der Waals surface area contributed by atoms with Gasteiger partial charge in [-0.25, -0.2) is 8.42 Å². The van der Waals surface area contributed by atoms with Crippen LogP contribution in [0.2, 0.25) is 0 Å². The van der Waals surface area contributed by atoms with Gasteiger partial charge in [0.15, 0.2) is 0 Å². The highest BCUT2D eigenvalue weighted by Crippen LogP contribution is 2.17. The topological polar surface area (TPSA) is 84.5 Å². The van der Waals surface area contributed by atoms with Crippen molar-refractivity contribution in [3.8, 4) is 5.75 Å². The monoisotopic (exact) mass is 410 g/mol. The first-order valence-electron chi connectivity index (χ1n) is 9.16. The van der Waals surface area contributed by atoms with Gasteiger partial charge >= 0.3 is 0 Å². The molecule has 29 heavy (non-hydrogen) atoms. The molecule has 0 radical (unpaired) electrons. The Bertz CT molecular complexity index is 1080. The number of hydrogen-bond acceptors (Lipinski definition) is 4. The van der Waals surface area contributed by atoms with E-state index in [1.54, 1.807) is 42.5 Å². The van der Waals surface area contributed by atoms with Crippen LogP contribution in [-0.4, -0.2) is 20.9 Å². The minimum Gasteiger partial charge on any atom is -0.494 e. The second kappa shape index (κ2) is 9.25. The van der Waals surface area contributed by atoms with Gasteiger partial charge in [-0.05, 0) is 55.0 Å². The van der Waals surface area contributed by atoms with E-state index >= 15 is 0 Å². The fourth-order valence-electron chi connectivity index (χ4n) is 2.72. The predicted molar refractivity (Wildman–Crippen MR) is 112 cm³/mol. The predicted octanol–water partition coefficient (Wildman–Crippen LogP) is 3.82. The molecular weight excluding hydrogens is 388 g/mol. The number of sulfonamides is 1. The van der Waals surface area contributed by atoms with E-state index in [1.807, 2.05) is 31.2 Å². The van der Waals surface area contributed by atoms with Crippen LogP contribution in [0.4, 0.5) is 5.69 Å². The molecule has 3 aromatic carbocycles. The van der Waals surface area contributed by atoms with Gasteiger partial charge in [0.25, 0.3) is 15.9 Å². The number of hydrogen-bond donors (Lipinski definition) is 2. The van der Waals surface area contributed by atoms with E-state index in [-0.39, 0.29) is 16.4 Å². The number of ether oxygens (including phenoxy) is 1. The number of carbonyl (C=O) groups excluding carboxylic acids is 1. The highest BCUT2D eigenvalue weighted by molar-refractivity contribution is 7.92. The van der Waals surface area contributed by atoms with E-state index in [2.05, 4.69) is 10.0 Å². The molecule has 0 spiro atoms. The molecule has 0 aromatic heterocycles. The lowest BCUT2D eigenvalue weighted by Crippen LogP contribution is -2.23. The van der Waals surface area contributed by atoms with Gasteiger partial charge in [-0.2, -0.15) is 0 Å². The molecule has 150 valence electrons. The molecule has 2 N–H and O–H groups in total. The summed E-state index contributed by atoms with van der Waals surface area (Å²) in [5.41, 5.74) is 1.61.